The fourth-order valence-electron chi connectivity index (χ4n) is 8.06. The zero-order chi connectivity index (χ0) is 29.4. The third-order valence-electron chi connectivity index (χ3n) is 9.78. The minimum absolute atomic E-state index is 0.0221. The number of hydrogen-bond donors (Lipinski definition) is 0. The molecule has 0 N–H and O–H groups in total. The molecule has 3 aliphatic rings. The van der Waals surface area contributed by atoms with Gasteiger partial charge in [0.2, 0.25) is 0 Å². The van der Waals surface area contributed by atoms with Crippen molar-refractivity contribution in [3.8, 4) is 33.9 Å². The van der Waals surface area contributed by atoms with Crippen molar-refractivity contribution in [2.24, 2.45) is 0 Å². The van der Waals surface area contributed by atoms with Crippen molar-refractivity contribution in [1.82, 2.24) is 18.8 Å². The Morgan fingerprint density at radius 3 is 2.16 bits per heavy atom. The monoisotopic (exact) mass is 575 g/mol. The van der Waals surface area contributed by atoms with Gasteiger partial charge in [-0.25, -0.2) is 4.98 Å². The maximum absolute atomic E-state index is 14.7. The molecule has 0 atom stereocenters. The molecule has 0 amide bonds. The molecule has 5 heterocycles. The molecule has 45 heavy (non-hydrogen) atoms. The first-order chi connectivity index (χ1) is 22.3. The summed E-state index contributed by atoms with van der Waals surface area (Å²) in [7, 11) is 0. The van der Waals surface area contributed by atoms with Crippen LogP contribution in [0.3, 0.4) is 0 Å². The highest BCUT2D eigenvalue weighted by molar-refractivity contribution is 6.88. The van der Waals surface area contributed by atoms with Gasteiger partial charge in [-0.15, -0.1) is 0 Å². The van der Waals surface area contributed by atoms with Crippen molar-refractivity contribution in [2.45, 2.75) is 0 Å². The van der Waals surface area contributed by atoms with E-state index in [1.165, 1.54) is 0 Å². The molecule has 3 aliphatic heterocycles. The summed E-state index contributed by atoms with van der Waals surface area (Å²) in [5.74, 6) is 0.914. The summed E-state index contributed by atoms with van der Waals surface area (Å²) < 4.78 is 6.46. The van der Waals surface area contributed by atoms with Crippen LogP contribution in [0.4, 0.5) is 17.1 Å². The summed E-state index contributed by atoms with van der Waals surface area (Å²) in [5, 5.41) is 0.750. The Kier molecular flexibility index (Phi) is 4.21. The molecule has 0 fully saturated rings. The molecule has 0 saturated heterocycles. The lowest BCUT2D eigenvalue weighted by atomic mass is 9.48. The molecule has 11 rings (SSSR count). The second-order valence-electron chi connectivity index (χ2n) is 12.0. The Labute approximate surface area is 257 Å². The molecule has 2 aromatic heterocycles. The number of nitrogens with zero attached hydrogens (tertiary/aromatic N) is 5. The zero-order valence-corrected chi connectivity index (χ0v) is 23.9. The smallest absolute Gasteiger partial charge is 0.307 e. The van der Waals surface area contributed by atoms with E-state index in [9.17, 15) is 4.79 Å². The molecule has 7 heteroatoms. The molecule has 0 unspecified atom stereocenters. The molecule has 0 saturated carbocycles. The van der Waals surface area contributed by atoms with Crippen LogP contribution in [0.2, 0.25) is 0 Å². The average Bonchev–Trinajstić information content (AvgIpc) is 3.76. The molecule has 6 aromatic carbocycles. The van der Waals surface area contributed by atoms with Crippen molar-refractivity contribution in [3.63, 3.8) is 0 Å². The number of anilines is 3. The minimum Gasteiger partial charge on any atom is -0.307 e. The van der Waals surface area contributed by atoms with E-state index in [2.05, 4.69) is 123 Å². The van der Waals surface area contributed by atoms with Crippen LogP contribution >= 0.6 is 0 Å². The van der Waals surface area contributed by atoms with Gasteiger partial charge in [0.05, 0.1) is 44.7 Å². The van der Waals surface area contributed by atoms with Gasteiger partial charge in [0.25, 0.3) is 5.56 Å². The Balaban J connectivity index is 1.29. The molecule has 0 spiro atoms. The Morgan fingerprint density at radius 2 is 1.31 bits per heavy atom. The Hall–Kier alpha value is -6.08. The molecular weight excluding hydrogens is 553 g/mol. The first-order valence-corrected chi connectivity index (χ1v) is 15.2. The molecule has 0 radical (unpaired) electrons. The maximum atomic E-state index is 14.7. The third kappa shape index (κ3) is 2.73. The quantitative estimate of drug-likeness (QED) is 0.220. The van der Waals surface area contributed by atoms with Crippen molar-refractivity contribution < 1.29 is 0 Å². The van der Waals surface area contributed by atoms with Gasteiger partial charge >= 0.3 is 6.85 Å². The predicted octanol–water partition coefficient (Wildman–Crippen LogP) is 6.53. The SMILES string of the molecule is O=c1c2c(-c3ccccc3)cccc2n2n1B1c3ccccc3N3c4c(ccc-2c41)-n1c(-c2ccccc2)nc2cccc3c21. The normalized spacial score (nSPS) is 13.3. The number of para-hydroxylation sites is 2. The molecule has 6 nitrogen and oxygen atoms in total. The second-order valence-corrected chi connectivity index (χ2v) is 12.0. The minimum atomic E-state index is -0.268. The number of imidazole rings is 1. The van der Waals surface area contributed by atoms with Gasteiger partial charge in [-0.2, -0.15) is 0 Å². The van der Waals surface area contributed by atoms with E-state index in [4.69, 9.17) is 4.98 Å². The van der Waals surface area contributed by atoms with E-state index >= 15 is 0 Å². The van der Waals surface area contributed by atoms with E-state index in [1.807, 2.05) is 28.9 Å². The van der Waals surface area contributed by atoms with Crippen molar-refractivity contribution in [2.75, 3.05) is 4.90 Å². The van der Waals surface area contributed by atoms with E-state index in [-0.39, 0.29) is 12.4 Å². The first kappa shape index (κ1) is 23.4. The third-order valence-corrected chi connectivity index (χ3v) is 9.78. The van der Waals surface area contributed by atoms with Crippen LogP contribution in [0.5, 0.6) is 0 Å². The second kappa shape index (κ2) is 8.09. The maximum Gasteiger partial charge on any atom is 0.357 e. The van der Waals surface area contributed by atoms with E-state index in [0.717, 1.165) is 83.8 Å². The Morgan fingerprint density at radius 1 is 0.600 bits per heavy atom. The summed E-state index contributed by atoms with van der Waals surface area (Å²) in [6.07, 6.45) is 0. The fraction of sp³-hybridized carbons (Fsp3) is 0. The fourth-order valence-corrected chi connectivity index (χ4v) is 8.06. The summed E-state index contributed by atoms with van der Waals surface area (Å²) >= 11 is 0. The summed E-state index contributed by atoms with van der Waals surface area (Å²) in [5.41, 5.74) is 13.7. The number of rotatable bonds is 2. The van der Waals surface area contributed by atoms with E-state index in [0.29, 0.717) is 0 Å². The topological polar surface area (TPSA) is 48.0 Å². The van der Waals surface area contributed by atoms with Crippen LogP contribution in [-0.2, 0) is 0 Å². The Bertz CT molecular complexity index is 2630. The van der Waals surface area contributed by atoms with Crippen molar-refractivity contribution in [3.05, 3.63) is 144 Å². The number of fused-ring (bicyclic) bond motifs is 10. The predicted molar refractivity (Wildman–Crippen MR) is 182 cm³/mol. The highest BCUT2D eigenvalue weighted by atomic mass is 16.1. The lowest BCUT2D eigenvalue weighted by molar-refractivity contribution is 0.830. The molecule has 208 valence electrons. The van der Waals surface area contributed by atoms with Gasteiger partial charge in [-0.05, 0) is 53.0 Å². The number of benzene rings is 6. The number of hydrogen-bond acceptors (Lipinski definition) is 3. The van der Waals surface area contributed by atoms with Gasteiger partial charge in [0.15, 0.2) is 0 Å². The highest BCUT2D eigenvalue weighted by Crippen LogP contribution is 2.50. The van der Waals surface area contributed by atoms with Gasteiger partial charge in [-0.3, -0.25) is 18.6 Å². The van der Waals surface area contributed by atoms with Crippen LogP contribution in [0, 0.1) is 0 Å². The van der Waals surface area contributed by atoms with Crippen LogP contribution in [0.15, 0.2) is 138 Å². The van der Waals surface area contributed by atoms with Crippen LogP contribution in [0.25, 0.3) is 55.8 Å². The van der Waals surface area contributed by atoms with Gasteiger partial charge in [0, 0.05) is 16.7 Å². The molecule has 8 aromatic rings. The largest absolute Gasteiger partial charge is 0.357 e. The zero-order valence-electron chi connectivity index (χ0n) is 23.9. The molecule has 0 aliphatic carbocycles. The van der Waals surface area contributed by atoms with Crippen molar-refractivity contribution in [1.29, 1.82) is 0 Å². The van der Waals surface area contributed by atoms with Gasteiger partial charge < -0.3 is 4.90 Å². The standard InChI is InChI=1S/C38H22BN5O/c45-38-33-25(23-11-3-1-4-12-23)15-9-19-29(33)43-30-21-22-32-36-34(30)39(44(38)43)26-16-7-8-18-28(26)41(36)31-20-10-17-27-35(31)42(32)37(40-27)24-13-5-2-6-14-24/h1-22H. The summed E-state index contributed by atoms with van der Waals surface area (Å²) in [6.45, 7) is -0.268. The van der Waals surface area contributed by atoms with Crippen molar-refractivity contribution >= 4 is 56.8 Å². The summed E-state index contributed by atoms with van der Waals surface area (Å²) in [6, 6.07) is 46.2. The van der Waals surface area contributed by atoms with Crippen LogP contribution in [-0.4, -0.2) is 25.7 Å². The first-order valence-electron chi connectivity index (χ1n) is 15.2. The number of aromatic nitrogens is 4. The average molecular weight is 575 g/mol. The summed E-state index contributed by atoms with van der Waals surface area (Å²) in [4.78, 5) is 22.3. The van der Waals surface area contributed by atoms with Gasteiger partial charge in [-0.1, -0.05) is 97.1 Å². The highest BCUT2D eigenvalue weighted by Gasteiger charge is 2.48. The lowest BCUT2D eigenvalue weighted by Gasteiger charge is -2.39. The molecule has 0 bridgehead atoms. The van der Waals surface area contributed by atoms with Crippen LogP contribution < -0.4 is 21.4 Å². The van der Waals surface area contributed by atoms with Gasteiger partial charge in [0.1, 0.15) is 5.82 Å². The van der Waals surface area contributed by atoms with E-state index < -0.39 is 0 Å². The van der Waals surface area contributed by atoms with Crippen LogP contribution in [0.1, 0.15) is 0 Å². The van der Waals surface area contributed by atoms with E-state index in [1.54, 1.807) is 0 Å². The lowest BCUT2D eigenvalue weighted by Crippen LogP contribution is -2.55. The molecular formula is C38H22BN5O.